The van der Waals surface area contributed by atoms with Crippen LogP contribution in [0.3, 0.4) is 0 Å². The van der Waals surface area contributed by atoms with Crippen LogP contribution in [0.15, 0.2) is 79.0 Å². The van der Waals surface area contributed by atoms with Crippen molar-refractivity contribution >= 4 is 34.8 Å². The van der Waals surface area contributed by atoms with E-state index in [2.05, 4.69) is 26.1 Å². The summed E-state index contributed by atoms with van der Waals surface area (Å²) in [5.74, 6) is -1.95. The van der Waals surface area contributed by atoms with Crippen LogP contribution in [0.2, 0.25) is 5.02 Å². The first kappa shape index (κ1) is 25.2. The Bertz CT molecular complexity index is 1410. The maximum absolute atomic E-state index is 13.2. The highest BCUT2D eigenvalue weighted by molar-refractivity contribution is 6.43. The van der Waals surface area contributed by atoms with E-state index in [0.717, 1.165) is 16.6 Å². The Hall–Kier alpha value is -3.90. The van der Waals surface area contributed by atoms with Gasteiger partial charge in [0.25, 0.3) is 11.7 Å². The summed E-state index contributed by atoms with van der Waals surface area (Å²) in [6.07, 6.45) is 1.74. The number of carbonyl (C=O) groups excluding carboxylic acids is 3. The summed E-state index contributed by atoms with van der Waals surface area (Å²) < 4.78 is 6.95. The van der Waals surface area contributed by atoms with E-state index in [4.69, 9.17) is 16.3 Å². The molecule has 184 valence electrons. The van der Waals surface area contributed by atoms with Crippen molar-refractivity contribution in [1.29, 1.82) is 0 Å². The molecule has 0 aliphatic heterocycles. The number of nitrogens with one attached hydrogen (secondary N) is 1. The molecular weight excluding hydrogens is 476 g/mol. The minimum atomic E-state index is -0.778. The van der Waals surface area contributed by atoms with Crippen LogP contribution in [0, 0.1) is 0 Å². The number of ketones is 1. The number of halogens is 1. The second-order valence-electron chi connectivity index (χ2n) is 9.46. The number of amides is 1. The molecule has 36 heavy (non-hydrogen) atoms. The number of hydrogen-bond donors (Lipinski definition) is 1. The van der Waals surface area contributed by atoms with Crippen molar-refractivity contribution in [3.8, 4) is 11.1 Å². The molecule has 0 radical (unpaired) electrons. The molecule has 0 atom stereocenters. The fraction of sp³-hybridized carbons (Fsp3) is 0.207. The van der Waals surface area contributed by atoms with Gasteiger partial charge < -0.3 is 14.5 Å². The van der Waals surface area contributed by atoms with Crippen molar-refractivity contribution in [3.63, 3.8) is 0 Å². The minimum absolute atomic E-state index is 0.00989. The first-order valence-corrected chi connectivity index (χ1v) is 12.0. The summed E-state index contributed by atoms with van der Waals surface area (Å²) in [7, 11) is 0. The molecule has 6 nitrogen and oxygen atoms in total. The van der Waals surface area contributed by atoms with E-state index in [9.17, 15) is 14.4 Å². The average Bonchev–Trinajstić information content (AvgIpc) is 3.25. The maximum Gasteiger partial charge on any atom is 0.338 e. The molecule has 2 heterocycles. The second-order valence-corrected chi connectivity index (χ2v) is 9.89. The number of carbonyl (C=O) groups is 3. The van der Waals surface area contributed by atoms with Crippen LogP contribution >= 0.6 is 11.6 Å². The van der Waals surface area contributed by atoms with Gasteiger partial charge in [-0.3, -0.25) is 9.59 Å². The van der Waals surface area contributed by atoms with E-state index in [-0.39, 0.29) is 24.3 Å². The molecule has 0 bridgehead atoms. The Balaban J connectivity index is 1.41. The fourth-order valence-electron chi connectivity index (χ4n) is 3.89. The Morgan fingerprint density at radius 2 is 1.64 bits per heavy atom. The molecule has 0 aliphatic rings. The van der Waals surface area contributed by atoms with Gasteiger partial charge in [0.2, 0.25) is 0 Å². The summed E-state index contributed by atoms with van der Waals surface area (Å²) in [5.41, 5.74) is 3.95. The molecule has 1 amide bonds. The first-order valence-electron chi connectivity index (χ1n) is 11.6. The predicted octanol–water partition coefficient (Wildman–Crippen LogP) is 5.71. The molecule has 0 aliphatic carbocycles. The lowest BCUT2D eigenvalue weighted by atomic mass is 9.87. The Morgan fingerprint density at radius 1 is 0.944 bits per heavy atom. The van der Waals surface area contributed by atoms with Crippen LogP contribution in [0.4, 0.5) is 0 Å². The van der Waals surface area contributed by atoms with Gasteiger partial charge in [-0.05, 0) is 59.0 Å². The Kier molecular flexibility index (Phi) is 7.27. The monoisotopic (exact) mass is 502 g/mol. The van der Waals surface area contributed by atoms with Crippen LogP contribution in [-0.2, 0) is 14.9 Å². The molecule has 1 N–H and O–H groups in total. The van der Waals surface area contributed by atoms with Crippen molar-refractivity contribution in [3.05, 3.63) is 101 Å². The van der Waals surface area contributed by atoms with Crippen LogP contribution in [-0.4, -0.2) is 35.2 Å². The predicted molar refractivity (Wildman–Crippen MR) is 141 cm³/mol. The van der Waals surface area contributed by atoms with Crippen LogP contribution in [0.25, 0.3) is 16.6 Å². The smallest absolute Gasteiger partial charge is 0.338 e. The normalized spacial score (nSPS) is 11.3. The van der Waals surface area contributed by atoms with Crippen molar-refractivity contribution in [2.24, 2.45) is 0 Å². The van der Waals surface area contributed by atoms with Crippen LogP contribution in [0.5, 0.6) is 0 Å². The number of rotatable bonds is 7. The van der Waals surface area contributed by atoms with E-state index < -0.39 is 17.7 Å². The molecule has 0 spiro atoms. The second kappa shape index (κ2) is 10.4. The lowest BCUT2D eigenvalue weighted by Gasteiger charge is -2.18. The van der Waals surface area contributed by atoms with E-state index in [1.54, 1.807) is 53.1 Å². The maximum atomic E-state index is 13.2. The number of aromatic nitrogens is 1. The van der Waals surface area contributed by atoms with Gasteiger partial charge >= 0.3 is 5.97 Å². The number of esters is 1. The summed E-state index contributed by atoms with van der Waals surface area (Å²) in [6.45, 7) is 6.24. The Labute approximate surface area is 214 Å². The standard InChI is InChI=1S/C29H27ClN2O4/c1-29(2,3)21-11-7-20(8-12-21)28(35)36-17-15-31-27(34)26(33)25-24(19-9-13-22(30)14-10-19)18-23-6-4-5-16-32(23)25/h4-14,16,18H,15,17H2,1-3H3,(H,31,34). The first-order chi connectivity index (χ1) is 17.1. The molecular formula is C29H27ClN2O4. The van der Waals surface area contributed by atoms with Gasteiger partial charge in [-0.15, -0.1) is 0 Å². The van der Waals surface area contributed by atoms with Crippen LogP contribution < -0.4 is 5.32 Å². The summed E-state index contributed by atoms with van der Waals surface area (Å²) >= 11 is 6.02. The number of nitrogens with zero attached hydrogens (tertiary/aromatic N) is 1. The van der Waals surface area contributed by atoms with E-state index in [0.29, 0.717) is 16.1 Å². The van der Waals surface area contributed by atoms with Gasteiger partial charge in [0.15, 0.2) is 0 Å². The van der Waals surface area contributed by atoms with Crippen molar-refractivity contribution < 1.29 is 19.1 Å². The number of hydrogen-bond acceptors (Lipinski definition) is 4. The fourth-order valence-corrected chi connectivity index (χ4v) is 4.02. The number of Topliss-reactive ketones (excluding diaryl/α,β-unsaturated/α-hetero) is 1. The highest BCUT2D eigenvalue weighted by atomic mass is 35.5. The van der Waals surface area contributed by atoms with Gasteiger partial charge in [0, 0.05) is 22.3 Å². The Morgan fingerprint density at radius 3 is 2.31 bits per heavy atom. The molecule has 2 aromatic carbocycles. The van der Waals surface area contributed by atoms with E-state index in [1.165, 1.54) is 0 Å². The summed E-state index contributed by atoms with van der Waals surface area (Å²) in [6, 6.07) is 21.7. The minimum Gasteiger partial charge on any atom is -0.460 e. The average molecular weight is 503 g/mol. The molecule has 7 heteroatoms. The largest absolute Gasteiger partial charge is 0.460 e. The summed E-state index contributed by atoms with van der Waals surface area (Å²) in [5, 5.41) is 3.14. The van der Waals surface area contributed by atoms with Crippen molar-refractivity contribution in [2.45, 2.75) is 26.2 Å². The molecule has 0 unspecified atom stereocenters. The zero-order chi connectivity index (χ0) is 25.9. The van der Waals surface area contributed by atoms with Gasteiger partial charge in [-0.25, -0.2) is 4.79 Å². The third-order valence-corrected chi connectivity index (χ3v) is 6.12. The molecule has 0 saturated carbocycles. The molecule has 4 aromatic rings. The number of ether oxygens (including phenoxy) is 1. The van der Waals surface area contributed by atoms with Crippen molar-refractivity contribution in [2.75, 3.05) is 13.2 Å². The molecule has 2 aromatic heterocycles. The zero-order valence-corrected chi connectivity index (χ0v) is 21.1. The third-order valence-electron chi connectivity index (χ3n) is 5.86. The highest BCUT2D eigenvalue weighted by Crippen LogP contribution is 2.29. The van der Waals surface area contributed by atoms with Gasteiger partial charge in [-0.1, -0.05) is 62.7 Å². The molecule has 0 fully saturated rings. The highest BCUT2D eigenvalue weighted by Gasteiger charge is 2.24. The van der Waals surface area contributed by atoms with Crippen LogP contribution in [0.1, 0.15) is 47.2 Å². The quantitative estimate of drug-likeness (QED) is 0.152. The number of benzene rings is 2. The molecule has 4 rings (SSSR count). The number of fused-ring (bicyclic) bond motifs is 1. The topological polar surface area (TPSA) is 76.9 Å². The van der Waals surface area contributed by atoms with Gasteiger partial charge in [-0.2, -0.15) is 0 Å². The third kappa shape index (κ3) is 5.50. The van der Waals surface area contributed by atoms with E-state index >= 15 is 0 Å². The molecule has 0 saturated heterocycles. The SMILES string of the molecule is CC(C)(C)c1ccc(C(=O)OCCNC(=O)C(=O)c2c(-c3ccc(Cl)cc3)cc3ccccn23)cc1. The number of pyridine rings is 1. The van der Waals surface area contributed by atoms with Gasteiger partial charge in [0.1, 0.15) is 12.3 Å². The van der Waals surface area contributed by atoms with Gasteiger partial charge in [0.05, 0.1) is 12.1 Å². The summed E-state index contributed by atoms with van der Waals surface area (Å²) in [4.78, 5) is 38.2. The van der Waals surface area contributed by atoms with Crippen molar-refractivity contribution in [1.82, 2.24) is 9.72 Å². The lowest BCUT2D eigenvalue weighted by molar-refractivity contribution is -0.117. The lowest BCUT2D eigenvalue weighted by Crippen LogP contribution is -2.34. The van der Waals surface area contributed by atoms with E-state index in [1.807, 2.05) is 30.3 Å². The zero-order valence-electron chi connectivity index (χ0n) is 20.4.